The Kier molecular flexibility index (Phi) is 6.89. The quantitative estimate of drug-likeness (QED) is 0.777. The van der Waals surface area contributed by atoms with Crippen molar-refractivity contribution >= 4 is 5.69 Å². The second-order valence-corrected chi connectivity index (χ2v) is 5.34. The van der Waals surface area contributed by atoms with Gasteiger partial charge in [0.1, 0.15) is 0 Å². The molecule has 1 N–H and O–H groups in total. The van der Waals surface area contributed by atoms with Gasteiger partial charge >= 0.3 is 0 Å². The first kappa shape index (κ1) is 16.0. The summed E-state index contributed by atoms with van der Waals surface area (Å²) in [5.74, 6) is 0. The zero-order valence-electron chi connectivity index (χ0n) is 13.1. The van der Waals surface area contributed by atoms with Crippen LogP contribution in [0.5, 0.6) is 0 Å². The van der Waals surface area contributed by atoms with Crippen LogP contribution in [0.4, 0.5) is 5.69 Å². The minimum absolute atomic E-state index is 0.527. The van der Waals surface area contributed by atoms with E-state index in [9.17, 15) is 0 Å². The van der Waals surface area contributed by atoms with Gasteiger partial charge in [-0.25, -0.2) is 0 Å². The van der Waals surface area contributed by atoms with Gasteiger partial charge in [0.2, 0.25) is 0 Å². The number of anilines is 1. The van der Waals surface area contributed by atoms with E-state index in [1.807, 2.05) is 0 Å². The minimum atomic E-state index is 0.527. The van der Waals surface area contributed by atoms with Crippen molar-refractivity contribution in [2.45, 2.75) is 33.4 Å². The molecule has 0 aliphatic rings. The minimum Gasteiger partial charge on any atom is -0.368 e. The molecule has 0 amide bonds. The fourth-order valence-electron chi connectivity index (χ4n) is 2.45. The largest absolute Gasteiger partial charge is 0.368 e. The molecule has 0 aromatic heterocycles. The summed E-state index contributed by atoms with van der Waals surface area (Å²) < 4.78 is 0. The van der Waals surface area contributed by atoms with Gasteiger partial charge in [0.25, 0.3) is 0 Å². The standard InChI is InChI=1S/C16H29N3/c1-6-17-12-15-8-10-16(11-9-15)19(7-2)14(3)13-18(4)5/h8-11,14,17H,6-7,12-13H2,1-5H3. The fraction of sp³-hybridized carbons (Fsp3) is 0.625. The van der Waals surface area contributed by atoms with E-state index < -0.39 is 0 Å². The number of nitrogens with zero attached hydrogens (tertiary/aromatic N) is 2. The molecule has 108 valence electrons. The van der Waals surface area contributed by atoms with E-state index in [-0.39, 0.29) is 0 Å². The van der Waals surface area contributed by atoms with Crippen LogP contribution in [0.3, 0.4) is 0 Å². The smallest absolute Gasteiger partial charge is 0.0388 e. The number of likely N-dealkylation sites (N-methyl/N-ethyl adjacent to an activating group) is 2. The molecule has 1 atom stereocenters. The summed E-state index contributed by atoms with van der Waals surface area (Å²) in [4.78, 5) is 4.70. The SMILES string of the molecule is CCNCc1ccc(N(CC)C(C)CN(C)C)cc1. The maximum atomic E-state index is 3.36. The van der Waals surface area contributed by atoms with Crippen molar-refractivity contribution in [3.05, 3.63) is 29.8 Å². The molecule has 3 heteroatoms. The highest BCUT2D eigenvalue weighted by molar-refractivity contribution is 5.48. The van der Waals surface area contributed by atoms with Crippen LogP contribution in [0, 0.1) is 0 Å². The van der Waals surface area contributed by atoms with Crippen molar-refractivity contribution in [2.24, 2.45) is 0 Å². The summed E-state index contributed by atoms with van der Waals surface area (Å²) in [5.41, 5.74) is 2.67. The van der Waals surface area contributed by atoms with E-state index in [4.69, 9.17) is 0 Å². The number of hydrogen-bond donors (Lipinski definition) is 1. The molecule has 0 saturated heterocycles. The summed E-state index contributed by atoms with van der Waals surface area (Å²) in [6.45, 7) is 10.7. The second-order valence-electron chi connectivity index (χ2n) is 5.34. The van der Waals surface area contributed by atoms with Crippen LogP contribution in [0.2, 0.25) is 0 Å². The molecule has 1 rings (SSSR count). The first-order valence-corrected chi connectivity index (χ1v) is 7.29. The van der Waals surface area contributed by atoms with E-state index >= 15 is 0 Å². The Bertz CT molecular complexity index is 346. The summed E-state index contributed by atoms with van der Waals surface area (Å²) >= 11 is 0. The fourth-order valence-corrected chi connectivity index (χ4v) is 2.45. The predicted octanol–water partition coefficient (Wildman–Crippen LogP) is 2.57. The number of hydrogen-bond acceptors (Lipinski definition) is 3. The molecule has 0 heterocycles. The third-order valence-corrected chi connectivity index (χ3v) is 3.35. The molecule has 1 aromatic rings. The Hall–Kier alpha value is -1.06. The number of rotatable bonds is 8. The first-order chi connectivity index (χ1) is 9.08. The summed E-state index contributed by atoms with van der Waals surface area (Å²) in [6.07, 6.45) is 0. The third kappa shape index (κ3) is 5.21. The molecule has 3 nitrogen and oxygen atoms in total. The van der Waals surface area contributed by atoms with Gasteiger partial charge in [-0.05, 0) is 52.2 Å². The van der Waals surface area contributed by atoms with Gasteiger partial charge in [-0.1, -0.05) is 19.1 Å². The van der Waals surface area contributed by atoms with Crippen molar-refractivity contribution in [2.75, 3.05) is 38.6 Å². The van der Waals surface area contributed by atoms with Crippen LogP contribution in [0.1, 0.15) is 26.3 Å². The van der Waals surface area contributed by atoms with E-state index in [0.717, 1.165) is 26.2 Å². The maximum Gasteiger partial charge on any atom is 0.0388 e. The molecular formula is C16H29N3. The van der Waals surface area contributed by atoms with Gasteiger partial charge in [0.15, 0.2) is 0 Å². The van der Waals surface area contributed by atoms with E-state index in [0.29, 0.717) is 6.04 Å². The third-order valence-electron chi connectivity index (χ3n) is 3.35. The molecular weight excluding hydrogens is 234 g/mol. The van der Waals surface area contributed by atoms with E-state index in [2.05, 4.69) is 74.2 Å². The lowest BCUT2D eigenvalue weighted by Gasteiger charge is -2.32. The Morgan fingerprint density at radius 1 is 1.11 bits per heavy atom. The molecule has 0 aliphatic carbocycles. The molecule has 0 bridgehead atoms. The maximum absolute atomic E-state index is 3.36. The van der Waals surface area contributed by atoms with Gasteiger partial charge in [0, 0.05) is 31.4 Å². The highest BCUT2D eigenvalue weighted by Crippen LogP contribution is 2.18. The van der Waals surface area contributed by atoms with Crippen molar-refractivity contribution in [1.82, 2.24) is 10.2 Å². The van der Waals surface area contributed by atoms with Crippen LogP contribution in [-0.2, 0) is 6.54 Å². The van der Waals surface area contributed by atoms with Gasteiger partial charge in [-0.3, -0.25) is 0 Å². The van der Waals surface area contributed by atoms with Crippen molar-refractivity contribution in [1.29, 1.82) is 0 Å². The summed E-state index contributed by atoms with van der Waals surface area (Å²) in [6, 6.07) is 9.45. The highest BCUT2D eigenvalue weighted by atomic mass is 15.2. The zero-order chi connectivity index (χ0) is 14.3. The van der Waals surface area contributed by atoms with Crippen molar-refractivity contribution < 1.29 is 0 Å². The molecule has 0 aliphatic heterocycles. The molecule has 0 spiro atoms. The van der Waals surface area contributed by atoms with Gasteiger partial charge < -0.3 is 15.1 Å². The first-order valence-electron chi connectivity index (χ1n) is 7.29. The summed E-state index contributed by atoms with van der Waals surface area (Å²) in [5, 5.41) is 3.36. The van der Waals surface area contributed by atoms with Gasteiger partial charge in [0.05, 0.1) is 0 Å². The second kappa shape index (κ2) is 8.18. The lowest BCUT2D eigenvalue weighted by molar-refractivity contribution is 0.373. The summed E-state index contributed by atoms with van der Waals surface area (Å²) in [7, 11) is 4.26. The Morgan fingerprint density at radius 3 is 2.21 bits per heavy atom. The topological polar surface area (TPSA) is 18.5 Å². The number of benzene rings is 1. The monoisotopic (exact) mass is 263 g/mol. The lowest BCUT2D eigenvalue weighted by atomic mass is 10.1. The van der Waals surface area contributed by atoms with Crippen molar-refractivity contribution in [3.63, 3.8) is 0 Å². The van der Waals surface area contributed by atoms with E-state index in [1.54, 1.807) is 0 Å². The lowest BCUT2D eigenvalue weighted by Crippen LogP contribution is -2.40. The Labute approximate surface area is 118 Å². The average Bonchev–Trinajstić information content (AvgIpc) is 2.38. The van der Waals surface area contributed by atoms with Crippen LogP contribution in [-0.4, -0.2) is 44.7 Å². The molecule has 0 fully saturated rings. The van der Waals surface area contributed by atoms with Gasteiger partial charge in [-0.15, -0.1) is 0 Å². The molecule has 0 saturated carbocycles. The van der Waals surface area contributed by atoms with Crippen molar-refractivity contribution in [3.8, 4) is 0 Å². The molecule has 0 radical (unpaired) electrons. The zero-order valence-corrected chi connectivity index (χ0v) is 13.1. The molecule has 1 unspecified atom stereocenters. The molecule has 1 aromatic carbocycles. The van der Waals surface area contributed by atoms with E-state index in [1.165, 1.54) is 11.3 Å². The Morgan fingerprint density at radius 2 is 1.74 bits per heavy atom. The van der Waals surface area contributed by atoms with Crippen LogP contribution in [0.25, 0.3) is 0 Å². The Balaban J connectivity index is 2.70. The average molecular weight is 263 g/mol. The van der Waals surface area contributed by atoms with Gasteiger partial charge in [-0.2, -0.15) is 0 Å². The molecule has 19 heavy (non-hydrogen) atoms. The van der Waals surface area contributed by atoms with Crippen LogP contribution in [0.15, 0.2) is 24.3 Å². The van der Waals surface area contributed by atoms with Crippen LogP contribution < -0.4 is 10.2 Å². The normalized spacial score (nSPS) is 12.7. The number of nitrogens with one attached hydrogen (secondary N) is 1. The predicted molar refractivity (Wildman–Crippen MR) is 84.9 cm³/mol. The highest BCUT2D eigenvalue weighted by Gasteiger charge is 2.13. The van der Waals surface area contributed by atoms with Crippen LogP contribution >= 0.6 is 0 Å².